The Hall–Kier alpha value is -0.0400. The van der Waals surface area contributed by atoms with Gasteiger partial charge in [0, 0.05) is 0 Å². The highest BCUT2D eigenvalue weighted by atomic mass is 16.3. The van der Waals surface area contributed by atoms with Gasteiger partial charge in [-0.1, -0.05) is 12.8 Å². The number of rotatable bonds is 0. The topological polar surface area (TPSA) is 20.2 Å². The normalized spacial score (nSPS) is 49.7. The molecule has 0 aliphatic heterocycles. The van der Waals surface area contributed by atoms with E-state index in [9.17, 15) is 5.11 Å². The molecule has 2 atom stereocenters. The molecule has 2 aliphatic carbocycles. The van der Waals surface area contributed by atoms with Crippen molar-refractivity contribution in [2.24, 2.45) is 11.8 Å². The van der Waals surface area contributed by atoms with E-state index in [0.29, 0.717) is 0 Å². The van der Waals surface area contributed by atoms with E-state index >= 15 is 0 Å². The second-order valence-corrected chi connectivity index (χ2v) is 3.67. The van der Waals surface area contributed by atoms with E-state index in [4.69, 9.17) is 0 Å². The van der Waals surface area contributed by atoms with Gasteiger partial charge >= 0.3 is 0 Å². The van der Waals surface area contributed by atoms with Gasteiger partial charge in [0.05, 0.1) is 6.10 Å². The van der Waals surface area contributed by atoms with Crippen molar-refractivity contribution in [3.05, 3.63) is 0 Å². The molecule has 2 bridgehead atoms. The van der Waals surface area contributed by atoms with E-state index < -0.39 is 0 Å². The summed E-state index contributed by atoms with van der Waals surface area (Å²) in [6.45, 7) is 0. The molecule has 2 aliphatic rings. The summed E-state index contributed by atoms with van der Waals surface area (Å²) in [5, 5.41) is 9.29. The molecule has 0 aromatic rings. The molecule has 1 heteroatoms. The lowest BCUT2D eigenvalue weighted by Crippen LogP contribution is -2.19. The molecule has 0 aromatic heterocycles. The Labute approximate surface area is 56.1 Å². The number of aliphatic hydroxyl groups is 1. The van der Waals surface area contributed by atoms with Crippen LogP contribution in [0.15, 0.2) is 0 Å². The maximum absolute atomic E-state index is 9.29. The van der Waals surface area contributed by atoms with E-state index in [-0.39, 0.29) is 6.10 Å². The van der Waals surface area contributed by atoms with Crippen LogP contribution in [-0.2, 0) is 0 Å². The number of fused-ring (bicyclic) bond motifs is 2. The molecule has 2 fully saturated rings. The van der Waals surface area contributed by atoms with E-state index in [0.717, 1.165) is 24.7 Å². The van der Waals surface area contributed by atoms with E-state index in [2.05, 4.69) is 0 Å². The second-order valence-electron chi connectivity index (χ2n) is 3.67. The van der Waals surface area contributed by atoms with Crippen LogP contribution in [-0.4, -0.2) is 11.2 Å². The molecule has 0 amide bonds. The third-order valence-corrected chi connectivity index (χ3v) is 2.86. The van der Waals surface area contributed by atoms with E-state index in [1.807, 2.05) is 0 Å². The fourth-order valence-corrected chi connectivity index (χ4v) is 2.47. The largest absolute Gasteiger partial charge is 0.393 e. The minimum Gasteiger partial charge on any atom is -0.393 e. The maximum Gasteiger partial charge on any atom is 0.0545 e. The fourth-order valence-electron chi connectivity index (χ4n) is 2.47. The second kappa shape index (κ2) is 1.98. The SMILES string of the molecule is OC1CC2CCC(C1)C2. The number of hydrogen-bond acceptors (Lipinski definition) is 1. The lowest BCUT2D eigenvalue weighted by molar-refractivity contribution is 0.0965. The molecular weight excluding hydrogens is 112 g/mol. The molecule has 0 radical (unpaired) electrons. The van der Waals surface area contributed by atoms with Crippen LogP contribution in [0, 0.1) is 11.8 Å². The van der Waals surface area contributed by atoms with Crippen LogP contribution >= 0.6 is 0 Å². The summed E-state index contributed by atoms with van der Waals surface area (Å²) in [6, 6.07) is 0. The van der Waals surface area contributed by atoms with Crippen molar-refractivity contribution in [2.75, 3.05) is 0 Å². The maximum atomic E-state index is 9.29. The molecular formula is C8H14O. The van der Waals surface area contributed by atoms with Gasteiger partial charge in [-0.15, -0.1) is 0 Å². The van der Waals surface area contributed by atoms with Crippen LogP contribution in [0.2, 0.25) is 0 Å². The molecule has 0 saturated heterocycles. The molecule has 2 unspecified atom stereocenters. The first kappa shape index (κ1) is 5.72. The quantitative estimate of drug-likeness (QED) is 0.522. The van der Waals surface area contributed by atoms with Gasteiger partial charge in [-0.3, -0.25) is 0 Å². The molecule has 9 heavy (non-hydrogen) atoms. The Kier molecular flexibility index (Phi) is 1.26. The van der Waals surface area contributed by atoms with Crippen LogP contribution in [0.1, 0.15) is 32.1 Å². The summed E-state index contributed by atoms with van der Waals surface area (Å²) in [7, 11) is 0. The van der Waals surface area contributed by atoms with Crippen molar-refractivity contribution in [3.63, 3.8) is 0 Å². The van der Waals surface area contributed by atoms with E-state index in [1.54, 1.807) is 0 Å². The van der Waals surface area contributed by atoms with E-state index in [1.165, 1.54) is 19.3 Å². The Bertz CT molecular complexity index is 99.1. The summed E-state index contributed by atoms with van der Waals surface area (Å²) in [5.74, 6) is 1.78. The predicted molar refractivity (Wildman–Crippen MR) is 36.1 cm³/mol. The molecule has 2 rings (SSSR count). The summed E-state index contributed by atoms with van der Waals surface area (Å²) >= 11 is 0. The van der Waals surface area contributed by atoms with Gasteiger partial charge in [0.2, 0.25) is 0 Å². The average Bonchev–Trinajstić information content (AvgIpc) is 2.11. The zero-order valence-corrected chi connectivity index (χ0v) is 5.71. The van der Waals surface area contributed by atoms with Crippen LogP contribution in [0.4, 0.5) is 0 Å². The summed E-state index contributed by atoms with van der Waals surface area (Å²) in [4.78, 5) is 0. The molecule has 0 spiro atoms. The average molecular weight is 126 g/mol. The minimum atomic E-state index is 0.0521. The Morgan fingerprint density at radius 2 is 1.44 bits per heavy atom. The summed E-state index contributed by atoms with van der Waals surface area (Å²) in [6.07, 6.45) is 6.43. The van der Waals surface area contributed by atoms with Crippen LogP contribution < -0.4 is 0 Å². The zero-order chi connectivity index (χ0) is 6.27. The highest BCUT2D eigenvalue weighted by Crippen LogP contribution is 2.41. The predicted octanol–water partition coefficient (Wildman–Crippen LogP) is 1.56. The van der Waals surface area contributed by atoms with Crippen LogP contribution in [0.25, 0.3) is 0 Å². The van der Waals surface area contributed by atoms with Gasteiger partial charge < -0.3 is 5.11 Å². The zero-order valence-electron chi connectivity index (χ0n) is 5.71. The summed E-state index contributed by atoms with van der Waals surface area (Å²) < 4.78 is 0. The van der Waals surface area contributed by atoms with Crippen molar-refractivity contribution < 1.29 is 5.11 Å². The van der Waals surface area contributed by atoms with Crippen molar-refractivity contribution in [2.45, 2.75) is 38.2 Å². The smallest absolute Gasteiger partial charge is 0.0545 e. The van der Waals surface area contributed by atoms with Gasteiger partial charge in [0.1, 0.15) is 0 Å². The molecule has 0 heterocycles. The van der Waals surface area contributed by atoms with Crippen LogP contribution in [0.5, 0.6) is 0 Å². The van der Waals surface area contributed by atoms with Crippen LogP contribution in [0.3, 0.4) is 0 Å². The van der Waals surface area contributed by atoms with Gasteiger partial charge in [-0.2, -0.15) is 0 Å². The standard InChI is InChI=1S/C8H14O/c9-8-4-6-1-2-7(3-6)5-8/h6-9H,1-5H2. The molecule has 2 saturated carbocycles. The molecule has 0 aromatic carbocycles. The van der Waals surface area contributed by atoms with Gasteiger partial charge in [0.15, 0.2) is 0 Å². The minimum absolute atomic E-state index is 0.0521. The molecule has 1 nitrogen and oxygen atoms in total. The summed E-state index contributed by atoms with van der Waals surface area (Å²) in [5.41, 5.74) is 0. The first-order chi connectivity index (χ1) is 4.34. The van der Waals surface area contributed by atoms with Gasteiger partial charge in [0.25, 0.3) is 0 Å². The van der Waals surface area contributed by atoms with Crippen molar-refractivity contribution in [3.8, 4) is 0 Å². The third kappa shape index (κ3) is 0.983. The third-order valence-electron chi connectivity index (χ3n) is 2.86. The Balaban J connectivity index is 2.03. The Morgan fingerprint density at radius 1 is 0.889 bits per heavy atom. The Morgan fingerprint density at radius 3 is 2.00 bits per heavy atom. The lowest BCUT2D eigenvalue weighted by Gasteiger charge is -2.22. The van der Waals surface area contributed by atoms with Crippen molar-refractivity contribution in [1.29, 1.82) is 0 Å². The number of aliphatic hydroxyl groups excluding tert-OH is 1. The van der Waals surface area contributed by atoms with Gasteiger partial charge in [-0.25, -0.2) is 0 Å². The van der Waals surface area contributed by atoms with Crippen molar-refractivity contribution in [1.82, 2.24) is 0 Å². The highest BCUT2D eigenvalue weighted by Gasteiger charge is 2.32. The lowest BCUT2D eigenvalue weighted by atomic mass is 9.87. The highest BCUT2D eigenvalue weighted by molar-refractivity contribution is 4.84. The monoisotopic (exact) mass is 126 g/mol. The number of hydrogen-bond donors (Lipinski definition) is 1. The molecule has 52 valence electrons. The first-order valence-corrected chi connectivity index (χ1v) is 4.02. The van der Waals surface area contributed by atoms with Gasteiger partial charge in [-0.05, 0) is 31.1 Å². The van der Waals surface area contributed by atoms with Crippen molar-refractivity contribution >= 4 is 0 Å². The fraction of sp³-hybridized carbons (Fsp3) is 1.00. The molecule has 1 N–H and O–H groups in total. The first-order valence-electron chi connectivity index (χ1n) is 4.02.